The van der Waals surface area contributed by atoms with Gasteiger partial charge in [0.15, 0.2) is 0 Å². The maximum atomic E-state index is 12.4. The minimum atomic E-state index is -1.11. The number of ether oxygens (including phenoxy) is 2. The monoisotopic (exact) mass is 390 g/mol. The number of amides is 1. The van der Waals surface area contributed by atoms with Crippen molar-refractivity contribution in [2.24, 2.45) is 5.73 Å². The van der Waals surface area contributed by atoms with Crippen molar-refractivity contribution in [1.29, 1.82) is 0 Å². The molecule has 1 atom stereocenters. The van der Waals surface area contributed by atoms with Crippen LogP contribution in [0.1, 0.15) is 5.56 Å². The maximum absolute atomic E-state index is 12.4. The van der Waals surface area contributed by atoms with E-state index in [1.807, 2.05) is 35.3 Å². The molecule has 0 fully saturated rings. The van der Waals surface area contributed by atoms with Crippen LogP contribution in [-0.2, 0) is 16.1 Å². The third-order valence-corrected chi connectivity index (χ3v) is 6.45. The molecule has 1 aromatic rings. The molecule has 0 radical (unpaired) electrons. The Balaban J connectivity index is 1.47. The van der Waals surface area contributed by atoms with Crippen LogP contribution in [-0.4, -0.2) is 56.7 Å². The molecule has 0 saturated heterocycles. The SMILES string of the molecule is C[Si](C)(C)CCOCN1NC(N)C2=C1CN(C(=O)OCc1ccccc1)C2. The number of hydrogen-bond acceptors (Lipinski definition) is 6. The molecule has 148 valence electrons. The average molecular weight is 391 g/mol. The molecule has 3 N–H and O–H groups in total. The van der Waals surface area contributed by atoms with Gasteiger partial charge in [0.25, 0.3) is 0 Å². The van der Waals surface area contributed by atoms with Crippen molar-refractivity contribution in [2.45, 2.75) is 38.5 Å². The molecule has 0 bridgehead atoms. The predicted molar refractivity (Wildman–Crippen MR) is 107 cm³/mol. The van der Waals surface area contributed by atoms with E-state index < -0.39 is 8.07 Å². The fraction of sp³-hybridized carbons (Fsp3) is 0.526. The first-order valence-corrected chi connectivity index (χ1v) is 13.1. The van der Waals surface area contributed by atoms with Gasteiger partial charge in [-0.05, 0) is 11.6 Å². The highest BCUT2D eigenvalue weighted by molar-refractivity contribution is 6.76. The van der Waals surface area contributed by atoms with E-state index in [1.165, 1.54) is 0 Å². The van der Waals surface area contributed by atoms with Crippen LogP contribution in [0.15, 0.2) is 41.6 Å². The van der Waals surface area contributed by atoms with E-state index in [9.17, 15) is 4.79 Å². The van der Waals surface area contributed by atoms with E-state index in [1.54, 1.807) is 4.90 Å². The van der Waals surface area contributed by atoms with Crippen LogP contribution in [0.25, 0.3) is 0 Å². The van der Waals surface area contributed by atoms with Crippen molar-refractivity contribution in [3.05, 3.63) is 47.2 Å². The van der Waals surface area contributed by atoms with E-state index in [4.69, 9.17) is 15.2 Å². The average Bonchev–Trinajstić information content (AvgIpc) is 3.18. The van der Waals surface area contributed by atoms with Crippen LogP contribution in [0, 0.1) is 0 Å². The Kier molecular flexibility index (Phi) is 6.21. The molecular formula is C19H30N4O3Si. The third-order valence-electron chi connectivity index (χ3n) is 4.75. The van der Waals surface area contributed by atoms with Crippen molar-refractivity contribution in [3.63, 3.8) is 0 Å². The third kappa shape index (κ3) is 5.32. The minimum absolute atomic E-state index is 0.272. The Morgan fingerprint density at radius 3 is 2.70 bits per heavy atom. The second-order valence-corrected chi connectivity index (χ2v) is 13.9. The fourth-order valence-electron chi connectivity index (χ4n) is 3.08. The molecule has 27 heavy (non-hydrogen) atoms. The van der Waals surface area contributed by atoms with Gasteiger partial charge in [-0.25, -0.2) is 10.2 Å². The summed E-state index contributed by atoms with van der Waals surface area (Å²) in [5.74, 6) is 0. The molecule has 0 spiro atoms. The summed E-state index contributed by atoms with van der Waals surface area (Å²) in [5.41, 5.74) is 12.4. The lowest BCUT2D eigenvalue weighted by molar-refractivity contribution is 0.0253. The quantitative estimate of drug-likeness (QED) is 0.549. The molecule has 1 aromatic carbocycles. The molecule has 1 unspecified atom stereocenters. The first kappa shape index (κ1) is 19.9. The number of nitrogens with zero attached hydrogens (tertiary/aromatic N) is 2. The van der Waals surface area contributed by atoms with Gasteiger partial charge in [0.05, 0.1) is 25.0 Å². The zero-order chi connectivity index (χ0) is 19.4. The summed E-state index contributed by atoms with van der Waals surface area (Å²) in [7, 11) is -1.11. The smallest absolute Gasteiger partial charge is 0.410 e. The summed E-state index contributed by atoms with van der Waals surface area (Å²) in [4.78, 5) is 14.1. The van der Waals surface area contributed by atoms with Crippen LogP contribution in [0.4, 0.5) is 4.79 Å². The first-order chi connectivity index (χ1) is 12.8. The zero-order valence-corrected chi connectivity index (χ0v) is 17.4. The van der Waals surface area contributed by atoms with Crippen molar-refractivity contribution < 1.29 is 14.3 Å². The van der Waals surface area contributed by atoms with E-state index in [0.29, 0.717) is 19.8 Å². The summed E-state index contributed by atoms with van der Waals surface area (Å²) in [6.07, 6.45) is -0.604. The first-order valence-electron chi connectivity index (χ1n) is 9.38. The van der Waals surface area contributed by atoms with Crippen LogP contribution in [0.3, 0.4) is 0 Å². The molecule has 3 rings (SSSR count). The Hall–Kier alpha value is -1.87. The summed E-state index contributed by atoms with van der Waals surface area (Å²) in [6.45, 7) is 9.42. The number of rotatable bonds is 7. The summed E-state index contributed by atoms with van der Waals surface area (Å²) >= 11 is 0. The van der Waals surface area contributed by atoms with E-state index >= 15 is 0 Å². The molecule has 2 aliphatic heterocycles. The lowest BCUT2D eigenvalue weighted by atomic mass is 10.2. The summed E-state index contributed by atoms with van der Waals surface area (Å²) < 4.78 is 11.3. The van der Waals surface area contributed by atoms with Gasteiger partial charge >= 0.3 is 6.09 Å². The molecule has 0 saturated carbocycles. The number of benzene rings is 1. The van der Waals surface area contributed by atoms with E-state index in [0.717, 1.165) is 29.5 Å². The van der Waals surface area contributed by atoms with Gasteiger partial charge in [0, 0.05) is 20.3 Å². The maximum Gasteiger partial charge on any atom is 0.410 e. The highest BCUT2D eigenvalue weighted by atomic mass is 28.3. The van der Waals surface area contributed by atoms with Gasteiger partial charge in [-0.15, -0.1) is 0 Å². The summed E-state index contributed by atoms with van der Waals surface area (Å²) in [6, 6.07) is 10.8. The second-order valence-electron chi connectivity index (χ2n) is 8.25. The van der Waals surface area contributed by atoms with E-state index in [2.05, 4.69) is 25.1 Å². The fourth-order valence-corrected chi connectivity index (χ4v) is 3.84. The molecule has 1 amide bonds. The number of nitrogens with one attached hydrogen (secondary N) is 1. The number of hydrazine groups is 1. The Morgan fingerprint density at radius 1 is 1.26 bits per heavy atom. The minimum Gasteiger partial charge on any atom is -0.445 e. The number of carbonyl (C=O) groups excluding carboxylic acids is 1. The standard InChI is InChI=1S/C19H30N4O3Si/c1-27(2,3)10-9-25-14-23-17-12-22(11-16(17)18(20)21-23)19(24)26-13-15-7-5-4-6-8-15/h4-8,18,21H,9-14,20H2,1-3H3. The number of hydrogen-bond donors (Lipinski definition) is 2. The van der Waals surface area contributed by atoms with Crippen LogP contribution >= 0.6 is 0 Å². The van der Waals surface area contributed by atoms with Gasteiger partial charge in [-0.2, -0.15) is 0 Å². The Labute approximate surface area is 162 Å². The lowest BCUT2D eigenvalue weighted by Gasteiger charge is -2.26. The topological polar surface area (TPSA) is 80.1 Å². The van der Waals surface area contributed by atoms with Crippen molar-refractivity contribution >= 4 is 14.2 Å². The normalized spacial score (nSPS) is 19.6. The van der Waals surface area contributed by atoms with Crippen molar-refractivity contribution in [3.8, 4) is 0 Å². The second kappa shape index (κ2) is 8.43. The van der Waals surface area contributed by atoms with Gasteiger partial charge < -0.3 is 15.2 Å². The van der Waals surface area contributed by atoms with Gasteiger partial charge in [-0.3, -0.25) is 9.91 Å². The largest absolute Gasteiger partial charge is 0.445 e. The molecule has 8 heteroatoms. The number of nitrogens with two attached hydrogens (primary N) is 1. The van der Waals surface area contributed by atoms with Gasteiger partial charge in [-0.1, -0.05) is 50.0 Å². The van der Waals surface area contributed by atoms with Crippen LogP contribution < -0.4 is 11.2 Å². The van der Waals surface area contributed by atoms with Crippen molar-refractivity contribution in [2.75, 3.05) is 26.4 Å². The molecule has 2 heterocycles. The van der Waals surface area contributed by atoms with Crippen LogP contribution in [0.5, 0.6) is 0 Å². The molecule has 0 aliphatic carbocycles. The molecular weight excluding hydrogens is 360 g/mol. The molecule has 0 aromatic heterocycles. The molecule has 2 aliphatic rings. The van der Waals surface area contributed by atoms with Gasteiger partial charge in [0.1, 0.15) is 13.3 Å². The van der Waals surface area contributed by atoms with E-state index in [-0.39, 0.29) is 18.9 Å². The summed E-state index contributed by atoms with van der Waals surface area (Å²) in [5, 5.41) is 1.93. The Bertz CT molecular complexity index is 690. The van der Waals surface area contributed by atoms with Gasteiger partial charge in [0.2, 0.25) is 0 Å². The zero-order valence-electron chi connectivity index (χ0n) is 16.4. The van der Waals surface area contributed by atoms with Crippen LogP contribution in [0.2, 0.25) is 25.7 Å². The lowest BCUT2D eigenvalue weighted by Crippen LogP contribution is -2.47. The molecule has 7 nitrogen and oxygen atoms in total. The van der Waals surface area contributed by atoms with Crippen molar-refractivity contribution in [1.82, 2.24) is 15.3 Å². The predicted octanol–water partition coefficient (Wildman–Crippen LogP) is 2.31. The number of carbonyl (C=O) groups is 1. The highest BCUT2D eigenvalue weighted by Crippen LogP contribution is 2.27. The highest BCUT2D eigenvalue weighted by Gasteiger charge is 2.38. The Morgan fingerprint density at radius 2 is 2.00 bits per heavy atom.